The zero-order chi connectivity index (χ0) is 13.1. The quantitative estimate of drug-likeness (QED) is 0.375. The Morgan fingerprint density at radius 3 is 2.71 bits per heavy atom. The van der Waals surface area contributed by atoms with Gasteiger partial charge in [0.25, 0.3) is 0 Å². The van der Waals surface area contributed by atoms with Gasteiger partial charge in [-0.3, -0.25) is 4.79 Å². The van der Waals surface area contributed by atoms with E-state index in [1.54, 1.807) is 0 Å². The fraction of sp³-hybridized carbons (Fsp3) is 0.667. The topological polar surface area (TPSA) is 72.8 Å². The first-order valence-electron chi connectivity index (χ1n) is 5.73. The lowest BCUT2D eigenvalue weighted by Crippen LogP contribution is -2.19. The Balaban J connectivity index is 3.46. The van der Waals surface area contributed by atoms with Gasteiger partial charge in [0.15, 0.2) is 0 Å². The molecule has 0 amide bonds. The normalized spacial score (nSPS) is 11.6. The van der Waals surface area contributed by atoms with Crippen molar-refractivity contribution in [3.63, 3.8) is 0 Å². The average molecular weight is 244 g/mol. The van der Waals surface area contributed by atoms with Crippen LogP contribution in [0.3, 0.4) is 0 Å². The van der Waals surface area contributed by atoms with Crippen LogP contribution >= 0.6 is 0 Å². The lowest BCUT2D eigenvalue weighted by atomic mass is 10.2. The number of rotatable bonds is 9. The summed E-state index contributed by atoms with van der Waals surface area (Å²) in [6.07, 6.45) is 2.41. The third-order valence-corrected chi connectivity index (χ3v) is 1.98. The van der Waals surface area contributed by atoms with Crippen molar-refractivity contribution in [2.45, 2.75) is 38.7 Å². The van der Waals surface area contributed by atoms with Gasteiger partial charge in [0.1, 0.15) is 6.61 Å². The predicted molar refractivity (Wildman–Crippen MR) is 62.3 cm³/mol. The zero-order valence-corrected chi connectivity index (χ0v) is 10.2. The molecule has 0 rings (SSSR count). The lowest BCUT2D eigenvalue weighted by Gasteiger charge is -2.10. The molecule has 17 heavy (non-hydrogen) atoms. The Morgan fingerprint density at radius 2 is 2.12 bits per heavy atom. The molecule has 0 fully saturated rings. The molecule has 0 saturated heterocycles. The molecule has 0 aromatic heterocycles. The minimum atomic E-state index is -0.710. The van der Waals surface area contributed by atoms with Gasteiger partial charge in [0.05, 0.1) is 12.7 Å². The molecule has 0 bridgehead atoms. The first kappa shape index (κ1) is 15.6. The van der Waals surface area contributed by atoms with Crippen LogP contribution < -0.4 is 0 Å². The van der Waals surface area contributed by atoms with Crippen LogP contribution in [0.2, 0.25) is 0 Å². The number of ether oxygens (including phenoxy) is 2. The standard InChI is InChI=1S/C12H20O5/c1-3-6-12(15)17-9-10(13)7-5-8-16-11(14)4-2/h4,10,13H,2-3,5-9H2,1H3. The van der Waals surface area contributed by atoms with Gasteiger partial charge in [-0.1, -0.05) is 13.5 Å². The molecule has 1 atom stereocenters. The molecule has 1 unspecified atom stereocenters. The predicted octanol–water partition coefficient (Wildman–Crippen LogP) is 1.20. The van der Waals surface area contributed by atoms with Crippen LogP contribution in [0.5, 0.6) is 0 Å². The van der Waals surface area contributed by atoms with Crippen molar-refractivity contribution in [2.24, 2.45) is 0 Å². The lowest BCUT2D eigenvalue weighted by molar-refractivity contribution is -0.146. The van der Waals surface area contributed by atoms with Crippen molar-refractivity contribution < 1.29 is 24.2 Å². The highest BCUT2D eigenvalue weighted by Gasteiger charge is 2.08. The first-order valence-corrected chi connectivity index (χ1v) is 5.73. The highest BCUT2D eigenvalue weighted by atomic mass is 16.5. The van der Waals surface area contributed by atoms with E-state index >= 15 is 0 Å². The van der Waals surface area contributed by atoms with Crippen LogP contribution in [0.4, 0.5) is 0 Å². The molecule has 0 heterocycles. The van der Waals surface area contributed by atoms with Crippen LogP contribution in [0.1, 0.15) is 32.6 Å². The molecule has 1 N–H and O–H groups in total. The van der Waals surface area contributed by atoms with Crippen molar-refractivity contribution in [1.29, 1.82) is 0 Å². The summed E-state index contributed by atoms with van der Waals surface area (Å²) in [6, 6.07) is 0. The van der Waals surface area contributed by atoms with Gasteiger partial charge in [-0.2, -0.15) is 0 Å². The molecule has 98 valence electrons. The maximum absolute atomic E-state index is 11.0. The molecule has 0 radical (unpaired) electrons. The van der Waals surface area contributed by atoms with Crippen molar-refractivity contribution >= 4 is 11.9 Å². The van der Waals surface area contributed by atoms with Gasteiger partial charge in [-0.15, -0.1) is 0 Å². The molecule has 0 spiro atoms. The monoisotopic (exact) mass is 244 g/mol. The van der Waals surface area contributed by atoms with Crippen LogP contribution in [-0.4, -0.2) is 36.4 Å². The first-order chi connectivity index (χ1) is 8.10. The van der Waals surface area contributed by atoms with Crippen LogP contribution in [0.15, 0.2) is 12.7 Å². The van der Waals surface area contributed by atoms with Gasteiger partial charge in [0.2, 0.25) is 0 Å². The molecule has 0 aromatic carbocycles. The molecule has 0 aliphatic heterocycles. The zero-order valence-electron chi connectivity index (χ0n) is 10.2. The van der Waals surface area contributed by atoms with E-state index in [2.05, 4.69) is 6.58 Å². The Bertz CT molecular complexity index is 249. The van der Waals surface area contributed by atoms with Gasteiger partial charge in [0, 0.05) is 12.5 Å². The number of carbonyl (C=O) groups excluding carboxylic acids is 2. The molecule has 0 aliphatic rings. The Labute approximate surface area is 101 Å². The minimum absolute atomic E-state index is 0.00572. The van der Waals surface area contributed by atoms with Gasteiger partial charge >= 0.3 is 11.9 Å². The largest absolute Gasteiger partial charge is 0.463 e. The fourth-order valence-electron chi connectivity index (χ4n) is 1.10. The summed E-state index contributed by atoms with van der Waals surface area (Å²) < 4.78 is 9.56. The third kappa shape index (κ3) is 9.56. The highest BCUT2D eigenvalue weighted by molar-refractivity contribution is 5.81. The summed E-state index contributed by atoms with van der Waals surface area (Å²) in [5.41, 5.74) is 0. The fourth-order valence-corrected chi connectivity index (χ4v) is 1.10. The Morgan fingerprint density at radius 1 is 1.41 bits per heavy atom. The van der Waals surface area contributed by atoms with E-state index in [1.807, 2.05) is 6.92 Å². The summed E-state index contributed by atoms with van der Waals surface area (Å²) in [7, 11) is 0. The van der Waals surface area contributed by atoms with Crippen molar-refractivity contribution in [1.82, 2.24) is 0 Å². The van der Waals surface area contributed by atoms with E-state index < -0.39 is 12.1 Å². The molecule has 0 aromatic rings. The summed E-state index contributed by atoms with van der Waals surface area (Å²) in [4.78, 5) is 21.7. The number of aliphatic hydroxyl groups excluding tert-OH is 1. The number of carbonyl (C=O) groups is 2. The van der Waals surface area contributed by atoms with Gasteiger partial charge < -0.3 is 14.6 Å². The van der Waals surface area contributed by atoms with Crippen molar-refractivity contribution in [3.05, 3.63) is 12.7 Å². The Kier molecular flexibility index (Phi) is 9.05. The van der Waals surface area contributed by atoms with E-state index in [4.69, 9.17) is 9.47 Å². The molecule has 5 heteroatoms. The minimum Gasteiger partial charge on any atom is -0.463 e. The summed E-state index contributed by atoms with van der Waals surface area (Å²) in [5.74, 6) is -0.779. The average Bonchev–Trinajstić information content (AvgIpc) is 2.32. The smallest absolute Gasteiger partial charge is 0.330 e. The number of hydrogen-bond donors (Lipinski definition) is 1. The SMILES string of the molecule is C=CC(=O)OCCCC(O)COC(=O)CCC. The molecule has 0 saturated carbocycles. The summed E-state index contributed by atoms with van der Waals surface area (Å²) in [5, 5.41) is 9.45. The second kappa shape index (κ2) is 9.84. The molecule has 5 nitrogen and oxygen atoms in total. The molecular formula is C12H20O5. The van der Waals surface area contributed by atoms with Crippen LogP contribution in [0.25, 0.3) is 0 Å². The van der Waals surface area contributed by atoms with Crippen molar-refractivity contribution in [3.8, 4) is 0 Å². The summed E-state index contributed by atoms with van der Waals surface area (Å²) >= 11 is 0. The number of esters is 2. The summed E-state index contributed by atoms with van der Waals surface area (Å²) in [6.45, 7) is 5.36. The second-order valence-corrected chi connectivity index (χ2v) is 3.60. The highest BCUT2D eigenvalue weighted by Crippen LogP contribution is 2.00. The van der Waals surface area contributed by atoms with Gasteiger partial charge in [-0.05, 0) is 19.3 Å². The van der Waals surface area contributed by atoms with Gasteiger partial charge in [-0.25, -0.2) is 4.79 Å². The second-order valence-electron chi connectivity index (χ2n) is 3.60. The van der Waals surface area contributed by atoms with E-state index in [0.29, 0.717) is 19.3 Å². The van der Waals surface area contributed by atoms with E-state index in [0.717, 1.165) is 12.5 Å². The van der Waals surface area contributed by atoms with E-state index in [1.165, 1.54) is 0 Å². The molecule has 0 aliphatic carbocycles. The molecular weight excluding hydrogens is 224 g/mol. The van der Waals surface area contributed by atoms with Crippen LogP contribution in [-0.2, 0) is 19.1 Å². The van der Waals surface area contributed by atoms with E-state index in [9.17, 15) is 14.7 Å². The maximum atomic E-state index is 11.0. The van der Waals surface area contributed by atoms with Crippen molar-refractivity contribution in [2.75, 3.05) is 13.2 Å². The number of aliphatic hydroxyl groups is 1. The van der Waals surface area contributed by atoms with E-state index in [-0.39, 0.29) is 19.2 Å². The number of hydrogen-bond acceptors (Lipinski definition) is 5. The maximum Gasteiger partial charge on any atom is 0.330 e. The van der Waals surface area contributed by atoms with Crippen LogP contribution in [0, 0.1) is 0 Å². The Hall–Kier alpha value is -1.36. The third-order valence-electron chi connectivity index (χ3n) is 1.98.